The van der Waals surface area contributed by atoms with Crippen LogP contribution in [0.25, 0.3) is 0 Å². The van der Waals surface area contributed by atoms with Crippen LogP contribution in [0.3, 0.4) is 0 Å². The molecule has 0 aliphatic heterocycles. The first-order valence-corrected chi connectivity index (χ1v) is 6.44. The highest BCUT2D eigenvalue weighted by Gasteiger charge is 2.39. The molecule has 0 radical (unpaired) electrons. The number of nitrogens with zero attached hydrogens (tertiary/aromatic N) is 1. The van der Waals surface area contributed by atoms with Gasteiger partial charge in [0.05, 0.1) is 12.2 Å². The van der Waals surface area contributed by atoms with Gasteiger partial charge in [0.15, 0.2) is 0 Å². The van der Waals surface area contributed by atoms with Crippen molar-refractivity contribution in [2.75, 3.05) is 6.61 Å². The topological polar surface area (TPSA) is 59.0 Å². The Bertz CT molecular complexity index is 249. The third kappa shape index (κ3) is 3.47. The Morgan fingerprint density at radius 2 is 2.38 bits per heavy atom. The summed E-state index contributed by atoms with van der Waals surface area (Å²) in [5.74, 6) is 0.325. The number of hydrogen-bond donors (Lipinski definition) is 1. The fourth-order valence-corrected chi connectivity index (χ4v) is 2.55. The van der Waals surface area contributed by atoms with Gasteiger partial charge in [-0.15, -0.1) is 0 Å². The normalized spacial score (nSPS) is 31.2. The summed E-state index contributed by atoms with van der Waals surface area (Å²) in [4.78, 5) is 0. The second kappa shape index (κ2) is 6.22. The summed E-state index contributed by atoms with van der Waals surface area (Å²) in [6.07, 6.45) is 6.53. The van der Waals surface area contributed by atoms with E-state index in [9.17, 15) is 0 Å². The molecule has 3 nitrogen and oxygen atoms in total. The van der Waals surface area contributed by atoms with Gasteiger partial charge in [0.25, 0.3) is 0 Å². The molecule has 1 aliphatic carbocycles. The van der Waals surface area contributed by atoms with E-state index in [4.69, 9.17) is 15.7 Å². The monoisotopic (exact) mass is 224 g/mol. The molecule has 16 heavy (non-hydrogen) atoms. The molecule has 92 valence electrons. The van der Waals surface area contributed by atoms with Gasteiger partial charge < -0.3 is 10.5 Å². The maximum atomic E-state index is 9.07. The average Bonchev–Trinajstić information content (AvgIpc) is 2.62. The molecule has 0 aromatic heterocycles. The molecule has 0 saturated heterocycles. The molecule has 3 unspecified atom stereocenters. The maximum Gasteiger partial charge on any atom is 0.107 e. The molecule has 1 fully saturated rings. The van der Waals surface area contributed by atoms with E-state index in [1.54, 1.807) is 0 Å². The van der Waals surface area contributed by atoms with Crippen molar-refractivity contribution < 1.29 is 4.74 Å². The zero-order valence-corrected chi connectivity index (χ0v) is 10.5. The van der Waals surface area contributed by atoms with Crippen molar-refractivity contribution in [1.82, 2.24) is 0 Å². The van der Waals surface area contributed by atoms with Crippen molar-refractivity contribution in [2.24, 2.45) is 11.7 Å². The van der Waals surface area contributed by atoms with Gasteiger partial charge in [-0.25, -0.2) is 0 Å². The molecule has 1 rings (SSSR count). The molecule has 2 N–H and O–H groups in total. The molecular formula is C13H24N2O. The Labute approximate surface area is 99.0 Å². The fourth-order valence-electron chi connectivity index (χ4n) is 2.55. The van der Waals surface area contributed by atoms with E-state index >= 15 is 0 Å². The molecule has 0 heterocycles. The van der Waals surface area contributed by atoms with Crippen LogP contribution in [0.2, 0.25) is 0 Å². The number of nitrogens with two attached hydrogens (primary N) is 1. The Morgan fingerprint density at radius 1 is 1.62 bits per heavy atom. The highest BCUT2D eigenvalue weighted by Crippen LogP contribution is 2.35. The van der Waals surface area contributed by atoms with Crippen molar-refractivity contribution in [3.63, 3.8) is 0 Å². The summed E-state index contributed by atoms with van der Waals surface area (Å²) in [6, 6.07) is 2.28. The van der Waals surface area contributed by atoms with Crippen LogP contribution in [0, 0.1) is 17.2 Å². The van der Waals surface area contributed by atoms with E-state index in [0.29, 0.717) is 12.0 Å². The van der Waals surface area contributed by atoms with Crippen molar-refractivity contribution in [2.45, 2.75) is 64.0 Å². The van der Waals surface area contributed by atoms with Gasteiger partial charge in [0.2, 0.25) is 0 Å². The van der Waals surface area contributed by atoms with Crippen molar-refractivity contribution in [3.05, 3.63) is 0 Å². The van der Waals surface area contributed by atoms with E-state index in [2.05, 4.69) is 19.9 Å². The van der Waals surface area contributed by atoms with Crippen LogP contribution in [-0.2, 0) is 4.74 Å². The zero-order chi connectivity index (χ0) is 12.0. The molecule has 0 spiro atoms. The van der Waals surface area contributed by atoms with Gasteiger partial charge in [0, 0.05) is 6.61 Å². The molecule has 1 saturated carbocycles. The fraction of sp³-hybridized carbons (Fsp3) is 0.923. The van der Waals surface area contributed by atoms with Crippen LogP contribution in [0.5, 0.6) is 0 Å². The van der Waals surface area contributed by atoms with E-state index < -0.39 is 5.54 Å². The highest BCUT2D eigenvalue weighted by molar-refractivity contribution is 5.11. The van der Waals surface area contributed by atoms with Crippen LogP contribution >= 0.6 is 0 Å². The first kappa shape index (κ1) is 13.5. The van der Waals surface area contributed by atoms with Crippen molar-refractivity contribution in [3.8, 4) is 6.07 Å². The lowest BCUT2D eigenvalue weighted by Crippen LogP contribution is -2.42. The van der Waals surface area contributed by atoms with Gasteiger partial charge in [-0.3, -0.25) is 0 Å². The van der Waals surface area contributed by atoms with Gasteiger partial charge in [-0.2, -0.15) is 5.26 Å². The van der Waals surface area contributed by atoms with E-state index in [-0.39, 0.29) is 0 Å². The molecule has 0 aromatic rings. The average molecular weight is 224 g/mol. The summed E-state index contributed by atoms with van der Waals surface area (Å²) in [6.45, 7) is 5.02. The summed E-state index contributed by atoms with van der Waals surface area (Å²) < 4.78 is 5.72. The zero-order valence-electron chi connectivity index (χ0n) is 10.5. The second-order valence-corrected chi connectivity index (χ2v) is 5.00. The van der Waals surface area contributed by atoms with Crippen LogP contribution in [0.15, 0.2) is 0 Å². The van der Waals surface area contributed by atoms with Gasteiger partial charge in [-0.1, -0.05) is 19.8 Å². The van der Waals surface area contributed by atoms with E-state index in [0.717, 1.165) is 45.1 Å². The molecule has 0 amide bonds. The second-order valence-electron chi connectivity index (χ2n) is 5.00. The number of nitriles is 1. The van der Waals surface area contributed by atoms with Crippen LogP contribution in [0.4, 0.5) is 0 Å². The SMILES string of the molecule is CCCC(C)OCCC1CCCC1(N)C#N. The molecule has 1 aliphatic rings. The Balaban J connectivity index is 2.25. The van der Waals surface area contributed by atoms with Gasteiger partial charge >= 0.3 is 0 Å². The first-order chi connectivity index (χ1) is 7.62. The summed E-state index contributed by atoms with van der Waals surface area (Å²) in [5, 5.41) is 9.07. The summed E-state index contributed by atoms with van der Waals surface area (Å²) in [7, 11) is 0. The number of hydrogen-bond acceptors (Lipinski definition) is 3. The maximum absolute atomic E-state index is 9.07. The third-order valence-electron chi connectivity index (χ3n) is 3.64. The minimum atomic E-state index is -0.586. The lowest BCUT2D eigenvalue weighted by atomic mass is 9.87. The predicted molar refractivity (Wildman–Crippen MR) is 64.8 cm³/mol. The summed E-state index contributed by atoms with van der Waals surface area (Å²) in [5.41, 5.74) is 5.48. The standard InChI is InChI=1S/C13H24N2O/c1-3-5-11(2)16-9-7-12-6-4-8-13(12,15)10-14/h11-12H,3-9,15H2,1-2H3. The first-order valence-electron chi connectivity index (χ1n) is 6.44. The Hall–Kier alpha value is -0.590. The van der Waals surface area contributed by atoms with Gasteiger partial charge in [-0.05, 0) is 38.5 Å². The number of rotatable bonds is 6. The quantitative estimate of drug-likeness (QED) is 0.754. The third-order valence-corrected chi connectivity index (χ3v) is 3.64. The smallest absolute Gasteiger partial charge is 0.107 e. The van der Waals surface area contributed by atoms with Crippen LogP contribution in [0.1, 0.15) is 52.4 Å². The Kier molecular flexibility index (Phi) is 5.24. The number of ether oxygens (including phenoxy) is 1. The lowest BCUT2D eigenvalue weighted by molar-refractivity contribution is 0.0481. The van der Waals surface area contributed by atoms with Crippen LogP contribution in [-0.4, -0.2) is 18.2 Å². The molecule has 3 atom stereocenters. The predicted octanol–water partition coefficient (Wildman–Crippen LogP) is 2.60. The van der Waals surface area contributed by atoms with Gasteiger partial charge in [0.1, 0.15) is 5.54 Å². The van der Waals surface area contributed by atoms with Crippen molar-refractivity contribution in [1.29, 1.82) is 5.26 Å². The van der Waals surface area contributed by atoms with Crippen molar-refractivity contribution >= 4 is 0 Å². The molecule has 0 bridgehead atoms. The molecular weight excluding hydrogens is 200 g/mol. The van der Waals surface area contributed by atoms with E-state index in [1.165, 1.54) is 0 Å². The Morgan fingerprint density at radius 3 is 3.00 bits per heavy atom. The minimum absolute atomic E-state index is 0.325. The van der Waals surface area contributed by atoms with E-state index in [1.807, 2.05) is 0 Å². The largest absolute Gasteiger partial charge is 0.378 e. The van der Waals surface area contributed by atoms with Crippen LogP contribution < -0.4 is 5.73 Å². The lowest BCUT2D eigenvalue weighted by Gasteiger charge is -2.24. The molecule has 0 aromatic carbocycles. The minimum Gasteiger partial charge on any atom is -0.378 e. The highest BCUT2D eigenvalue weighted by atomic mass is 16.5. The summed E-state index contributed by atoms with van der Waals surface area (Å²) >= 11 is 0. The molecule has 3 heteroatoms.